The first-order valence-electron chi connectivity index (χ1n) is 6.12. The van der Waals surface area contributed by atoms with E-state index in [4.69, 9.17) is 9.47 Å². The number of esters is 2. The Balaban J connectivity index is 2.15. The number of hydrogen-bond donors (Lipinski definition) is 0. The minimum atomic E-state index is -0.514. The minimum Gasteiger partial charge on any atom is -0.462 e. The fourth-order valence-electron chi connectivity index (χ4n) is 2.11. The first kappa shape index (κ1) is 16.0. The molecule has 18 heavy (non-hydrogen) atoms. The Kier molecular flexibility index (Phi) is 7.22. The average molecular weight is 386 g/mol. The topological polar surface area (TPSA) is 52.6 Å². The summed E-state index contributed by atoms with van der Waals surface area (Å²) in [5.41, 5.74) is 0. The van der Waals surface area contributed by atoms with Crippen molar-refractivity contribution >= 4 is 43.8 Å². The summed E-state index contributed by atoms with van der Waals surface area (Å²) in [6.45, 7) is 2.38. The fraction of sp³-hybridized carbons (Fsp3) is 0.833. The van der Waals surface area contributed by atoms with Crippen LogP contribution >= 0.6 is 31.9 Å². The molecule has 1 fully saturated rings. The Morgan fingerprint density at radius 1 is 1.22 bits per heavy atom. The van der Waals surface area contributed by atoms with Crippen molar-refractivity contribution in [1.82, 2.24) is 0 Å². The quantitative estimate of drug-likeness (QED) is 0.414. The maximum absolute atomic E-state index is 11.7. The first-order chi connectivity index (χ1) is 8.50. The summed E-state index contributed by atoms with van der Waals surface area (Å²) in [5.74, 6) is 0.0328. The van der Waals surface area contributed by atoms with Gasteiger partial charge in [-0.2, -0.15) is 0 Å². The lowest BCUT2D eigenvalue weighted by Gasteiger charge is -2.24. The van der Waals surface area contributed by atoms with Crippen LogP contribution in [0.2, 0.25) is 0 Å². The zero-order chi connectivity index (χ0) is 13.5. The molecule has 104 valence electrons. The van der Waals surface area contributed by atoms with Crippen LogP contribution in [0.4, 0.5) is 0 Å². The number of rotatable bonds is 5. The van der Waals surface area contributed by atoms with Crippen molar-refractivity contribution in [2.24, 2.45) is 11.8 Å². The van der Waals surface area contributed by atoms with Crippen molar-refractivity contribution in [1.29, 1.82) is 0 Å². The Bertz CT molecular complexity index is 294. The van der Waals surface area contributed by atoms with Crippen LogP contribution in [-0.4, -0.2) is 28.9 Å². The van der Waals surface area contributed by atoms with Crippen molar-refractivity contribution in [2.75, 3.05) is 13.2 Å². The van der Waals surface area contributed by atoms with Gasteiger partial charge < -0.3 is 9.47 Å². The molecule has 0 radical (unpaired) electrons. The third kappa shape index (κ3) is 5.69. The van der Waals surface area contributed by atoms with Crippen LogP contribution < -0.4 is 0 Å². The van der Waals surface area contributed by atoms with E-state index in [1.54, 1.807) is 0 Å². The molecule has 0 N–H and O–H groups in total. The summed E-state index contributed by atoms with van der Waals surface area (Å²) in [4.78, 5) is 22.8. The highest BCUT2D eigenvalue weighted by atomic mass is 79.9. The van der Waals surface area contributed by atoms with Gasteiger partial charge in [0.15, 0.2) is 3.74 Å². The van der Waals surface area contributed by atoms with Crippen molar-refractivity contribution in [2.45, 2.75) is 36.3 Å². The zero-order valence-electron chi connectivity index (χ0n) is 10.4. The number of carbonyl (C=O) groups is 2. The molecule has 0 bridgehead atoms. The number of halogens is 2. The molecule has 1 saturated carbocycles. The summed E-state index contributed by atoms with van der Waals surface area (Å²) < 4.78 is 9.45. The van der Waals surface area contributed by atoms with E-state index in [0.717, 1.165) is 19.3 Å². The molecule has 0 aliphatic heterocycles. The van der Waals surface area contributed by atoms with Gasteiger partial charge in [-0.1, -0.05) is 51.6 Å². The van der Waals surface area contributed by atoms with Crippen molar-refractivity contribution in [3.8, 4) is 0 Å². The molecule has 0 spiro atoms. The van der Waals surface area contributed by atoms with E-state index in [1.807, 2.05) is 0 Å². The zero-order valence-corrected chi connectivity index (χ0v) is 13.5. The van der Waals surface area contributed by atoms with E-state index in [0.29, 0.717) is 5.92 Å². The summed E-state index contributed by atoms with van der Waals surface area (Å²) in [7, 11) is 0. The predicted molar refractivity (Wildman–Crippen MR) is 74.7 cm³/mol. The van der Waals surface area contributed by atoms with Crippen LogP contribution in [0.3, 0.4) is 0 Å². The lowest BCUT2D eigenvalue weighted by Crippen LogP contribution is -2.25. The molecule has 4 nitrogen and oxygen atoms in total. The van der Waals surface area contributed by atoms with Gasteiger partial charge in [0.1, 0.15) is 13.2 Å². The smallest absolute Gasteiger partial charge is 0.330 e. The highest BCUT2D eigenvalue weighted by molar-refractivity contribution is 9.25. The second-order valence-corrected chi connectivity index (χ2v) is 7.66. The normalized spacial score (nSPS) is 23.8. The molecule has 0 aromatic heterocycles. The number of carbonyl (C=O) groups excluding carboxylic acids is 2. The Hall–Kier alpha value is -0.100. The lowest BCUT2D eigenvalue weighted by molar-refractivity contribution is -0.155. The van der Waals surface area contributed by atoms with Gasteiger partial charge in [-0.3, -0.25) is 4.79 Å². The molecule has 1 aliphatic rings. The van der Waals surface area contributed by atoms with Crippen molar-refractivity contribution < 1.29 is 19.1 Å². The monoisotopic (exact) mass is 384 g/mol. The second kappa shape index (κ2) is 8.15. The summed E-state index contributed by atoms with van der Waals surface area (Å²) in [6, 6.07) is 0. The van der Waals surface area contributed by atoms with E-state index in [9.17, 15) is 9.59 Å². The third-order valence-corrected chi connectivity index (χ3v) is 3.77. The molecule has 0 saturated heterocycles. The summed E-state index contributed by atoms with van der Waals surface area (Å²) in [6.07, 6.45) is 4.10. The van der Waals surface area contributed by atoms with Gasteiger partial charge >= 0.3 is 11.9 Å². The van der Waals surface area contributed by atoms with E-state index in [-0.39, 0.29) is 25.1 Å². The van der Waals surface area contributed by atoms with Gasteiger partial charge in [0, 0.05) is 0 Å². The maximum atomic E-state index is 11.7. The molecule has 6 heteroatoms. The Morgan fingerprint density at radius 3 is 2.50 bits per heavy atom. The van der Waals surface area contributed by atoms with E-state index in [1.165, 1.54) is 6.42 Å². The van der Waals surface area contributed by atoms with E-state index < -0.39 is 9.71 Å². The molecular weight excluding hydrogens is 368 g/mol. The van der Waals surface area contributed by atoms with Gasteiger partial charge in [0.05, 0.1) is 5.92 Å². The van der Waals surface area contributed by atoms with Crippen LogP contribution in [0.15, 0.2) is 0 Å². The molecule has 1 aliphatic carbocycles. The molecule has 2 atom stereocenters. The number of ether oxygens (including phenoxy) is 2. The molecular formula is C12H18Br2O4. The fourth-order valence-corrected chi connectivity index (χ4v) is 2.38. The van der Waals surface area contributed by atoms with Crippen LogP contribution in [-0.2, 0) is 19.1 Å². The lowest BCUT2D eigenvalue weighted by atomic mass is 9.82. The van der Waals surface area contributed by atoms with Crippen LogP contribution in [0.5, 0.6) is 0 Å². The van der Waals surface area contributed by atoms with Gasteiger partial charge in [-0.05, 0) is 18.8 Å². The summed E-state index contributed by atoms with van der Waals surface area (Å²) in [5, 5.41) is 0. The largest absolute Gasteiger partial charge is 0.462 e. The van der Waals surface area contributed by atoms with Gasteiger partial charge in [-0.15, -0.1) is 0 Å². The van der Waals surface area contributed by atoms with Gasteiger partial charge in [0.2, 0.25) is 0 Å². The second-order valence-electron chi connectivity index (χ2n) is 4.60. The summed E-state index contributed by atoms with van der Waals surface area (Å²) >= 11 is 6.05. The van der Waals surface area contributed by atoms with Crippen LogP contribution in [0.1, 0.15) is 32.6 Å². The molecule has 0 amide bonds. The maximum Gasteiger partial charge on any atom is 0.330 e. The highest BCUT2D eigenvalue weighted by Crippen LogP contribution is 2.29. The van der Waals surface area contributed by atoms with Gasteiger partial charge in [0.25, 0.3) is 0 Å². The Morgan fingerprint density at radius 2 is 1.89 bits per heavy atom. The predicted octanol–water partition coefficient (Wildman–Crippen LogP) is 3.02. The van der Waals surface area contributed by atoms with Gasteiger partial charge in [-0.25, -0.2) is 4.79 Å². The number of hydrogen-bond acceptors (Lipinski definition) is 4. The van der Waals surface area contributed by atoms with Crippen molar-refractivity contribution in [3.63, 3.8) is 0 Å². The molecule has 2 unspecified atom stereocenters. The molecule has 0 heterocycles. The Labute approximate surface area is 124 Å². The molecule has 0 aromatic carbocycles. The average Bonchev–Trinajstić information content (AvgIpc) is 2.33. The van der Waals surface area contributed by atoms with E-state index in [2.05, 4.69) is 38.8 Å². The number of alkyl halides is 2. The molecule has 0 aromatic rings. The third-order valence-electron chi connectivity index (χ3n) is 3.02. The minimum absolute atomic E-state index is 0.0181. The highest BCUT2D eigenvalue weighted by Gasteiger charge is 2.26. The van der Waals surface area contributed by atoms with Crippen molar-refractivity contribution in [3.05, 3.63) is 0 Å². The standard InChI is InChI=1S/C12H18Br2O4/c1-8-3-2-4-9(7-8)11(15)17-5-6-18-12(16)10(13)14/h8-10H,2-7H2,1H3. The first-order valence-corrected chi connectivity index (χ1v) is 7.95. The SMILES string of the molecule is CC1CCCC(C(=O)OCCOC(=O)C(Br)Br)C1. The molecule has 1 rings (SSSR count). The van der Waals surface area contributed by atoms with Crippen LogP contribution in [0, 0.1) is 11.8 Å². The van der Waals surface area contributed by atoms with E-state index >= 15 is 0 Å². The van der Waals surface area contributed by atoms with Crippen LogP contribution in [0.25, 0.3) is 0 Å².